The summed E-state index contributed by atoms with van der Waals surface area (Å²) in [5, 5.41) is 5.09. The van der Waals surface area contributed by atoms with Crippen LogP contribution >= 0.6 is 11.6 Å². The number of nitrogens with zero attached hydrogens (tertiary/aromatic N) is 4. The topological polar surface area (TPSA) is 67.6 Å². The first-order valence-corrected chi connectivity index (χ1v) is 10.2. The van der Waals surface area contributed by atoms with E-state index in [2.05, 4.69) is 10.1 Å². The molecule has 0 N–H and O–H groups in total. The molecule has 2 heterocycles. The first kappa shape index (κ1) is 17.8. The monoisotopic (exact) mass is 400 g/mol. The van der Waals surface area contributed by atoms with Gasteiger partial charge >= 0.3 is 0 Å². The van der Waals surface area contributed by atoms with Gasteiger partial charge in [0.1, 0.15) is 0 Å². The normalized spacial score (nSPS) is 17.2. The van der Waals surface area contributed by atoms with Crippen molar-refractivity contribution in [3.63, 3.8) is 0 Å². The molecule has 0 fully saturated rings. The highest BCUT2D eigenvalue weighted by atomic mass is 35.5. The average molecular weight is 401 g/mol. The van der Waals surface area contributed by atoms with Crippen molar-refractivity contribution in [3.05, 3.63) is 83.3 Å². The highest BCUT2D eigenvalue weighted by Crippen LogP contribution is 2.32. The number of aromatic nitrogens is 2. The summed E-state index contributed by atoms with van der Waals surface area (Å²) in [7, 11) is -2.09. The Balaban J connectivity index is 1.77. The maximum Gasteiger partial charge on any atom is 0.298 e. The molecular formula is C19H17ClN4O2S. The Morgan fingerprint density at radius 3 is 2.41 bits per heavy atom. The van der Waals surface area contributed by atoms with Crippen LogP contribution in [0.5, 0.6) is 0 Å². The Morgan fingerprint density at radius 1 is 1.07 bits per heavy atom. The van der Waals surface area contributed by atoms with Crippen LogP contribution in [0.25, 0.3) is 0 Å². The van der Waals surface area contributed by atoms with Gasteiger partial charge in [0.05, 0.1) is 18.6 Å². The van der Waals surface area contributed by atoms with Gasteiger partial charge in [-0.05, 0) is 23.3 Å². The van der Waals surface area contributed by atoms with Crippen LogP contribution in [0, 0.1) is 0 Å². The number of benzene rings is 2. The molecule has 1 aliphatic heterocycles. The van der Waals surface area contributed by atoms with Crippen LogP contribution in [-0.2, 0) is 17.1 Å². The number of aryl methyl sites for hydroxylation is 1. The smallest absolute Gasteiger partial charge is 0.298 e. The van der Waals surface area contributed by atoms with Crippen LogP contribution in [0.15, 0.2) is 77.2 Å². The Bertz CT molecular complexity index is 1090. The molecule has 8 heteroatoms. The van der Waals surface area contributed by atoms with Crippen molar-refractivity contribution in [1.82, 2.24) is 14.0 Å². The zero-order valence-electron chi connectivity index (χ0n) is 14.5. The predicted octanol–water partition coefficient (Wildman–Crippen LogP) is 3.27. The van der Waals surface area contributed by atoms with Crippen LogP contribution in [-0.4, -0.2) is 34.6 Å². The highest BCUT2D eigenvalue weighted by Gasteiger charge is 2.36. The van der Waals surface area contributed by atoms with Gasteiger partial charge in [0.2, 0.25) is 0 Å². The fourth-order valence-corrected chi connectivity index (χ4v) is 4.44. The highest BCUT2D eigenvalue weighted by molar-refractivity contribution is 7.89. The summed E-state index contributed by atoms with van der Waals surface area (Å²) in [5.74, 6) is -0.192. The summed E-state index contributed by atoms with van der Waals surface area (Å²) in [6, 6.07) is 17.0. The Morgan fingerprint density at radius 2 is 1.78 bits per heavy atom. The Hall–Kier alpha value is -2.64. The standard InChI is InChI=1S/C19H17ClN4O2S/c1-23-12-18(21-13-23)27(25,26)24-11-17(14-7-9-16(20)10-8-14)19(22-24)15-5-3-2-4-6-15/h2-10,12-13,17H,11H2,1H3. The van der Waals surface area contributed by atoms with Crippen LogP contribution < -0.4 is 0 Å². The minimum atomic E-state index is -3.82. The van der Waals surface area contributed by atoms with E-state index in [0.717, 1.165) is 15.5 Å². The number of hydrogen-bond donors (Lipinski definition) is 0. The molecule has 1 atom stereocenters. The molecule has 1 aliphatic rings. The van der Waals surface area contributed by atoms with Crippen LogP contribution in [0.2, 0.25) is 5.02 Å². The lowest BCUT2D eigenvalue weighted by atomic mass is 9.91. The number of imidazole rings is 1. The van der Waals surface area contributed by atoms with E-state index in [4.69, 9.17) is 11.6 Å². The summed E-state index contributed by atoms with van der Waals surface area (Å²) >= 11 is 6.01. The molecule has 3 aromatic rings. The van der Waals surface area contributed by atoms with Crippen LogP contribution in [0.1, 0.15) is 17.0 Å². The van der Waals surface area contributed by atoms with Crippen molar-refractivity contribution in [1.29, 1.82) is 0 Å². The van der Waals surface area contributed by atoms with Crippen molar-refractivity contribution in [2.75, 3.05) is 6.54 Å². The molecule has 0 amide bonds. The average Bonchev–Trinajstić information content (AvgIpc) is 3.30. The Labute approximate surface area is 162 Å². The third-order valence-corrected chi connectivity index (χ3v) is 6.23. The molecule has 4 rings (SSSR count). The van der Waals surface area contributed by atoms with Crippen molar-refractivity contribution in [2.24, 2.45) is 12.1 Å². The Kier molecular flexibility index (Phi) is 4.49. The van der Waals surface area contributed by atoms with E-state index in [0.29, 0.717) is 10.7 Å². The van der Waals surface area contributed by atoms with E-state index in [1.807, 2.05) is 42.5 Å². The quantitative estimate of drug-likeness (QED) is 0.675. The molecule has 0 bridgehead atoms. The molecule has 27 heavy (non-hydrogen) atoms. The van der Waals surface area contributed by atoms with Gasteiger partial charge in [-0.25, -0.2) is 4.98 Å². The molecule has 138 valence electrons. The van der Waals surface area contributed by atoms with E-state index >= 15 is 0 Å². The van der Waals surface area contributed by atoms with Crippen molar-refractivity contribution < 1.29 is 8.42 Å². The molecule has 1 aromatic heterocycles. The molecule has 0 saturated heterocycles. The van der Waals surface area contributed by atoms with Gasteiger partial charge in [0, 0.05) is 24.2 Å². The number of hydrogen-bond acceptors (Lipinski definition) is 4. The van der Waals surface area contributed by atoms with Gasteiger partial charge in [-0.2, -0.15) is 17.9 Å². The maximum atomic E-state index is 13.0. The lowest BCUT2D eigenvalue weighted by Crippen LogP contribution is -2.26. The van der Waals surface area contributed by atoms with Gasteiger partial charge in [0.15, 0.2) is 5.03 Å². The third-order valence-electron chi connectivity index (χ3n) is 4.45. The van der Waals surface area contributed by atoms with Crippen LogP contribution in [0.3, 0.4) is 0 Å². The van der Waals surface area contributed by atoms with Gasteiger partial charge in [-0.3, -0.25) is 0 Å². The summed E-state index contributed by atoms with van der Waals surface area (Å²) < 4.78 is 28.7. The molecular weight excluding hydrogens is 384 g/mol. The van der Waals surface area contributed by atoms with Crippen LogP contribution in [0.4, 0.5) is 0 Å². The first-order valence-electron chi connectivity index (χ1n) is 8.35. The molecule has 6 nitrogen and oxygen atoms in total. The second-order valence-electron chi connectivity index (χ2n) is 6.34. The van der Waals surface area contributed by atoms with E-state index < -0.39 is 10.0 Å². The van der Waals surface area contributed by atoms with Gasteiger partial charge in [-0.1, -0.05) is 54.1 Å². The lowest BCUT2D eigenvalue weighted by Gasteiger charge is -2.15. The third kappa shape index (κ3) is 3.36. The van der Waals surface area contributed by atoms with Crippen molar-refractivity contribution in [2.45, 2.75) is 10.9 Å². The second-order valence-corrected chi connectivity index (χ2v) is 8.57. The molecule has 0 spiro atoms. The lowest BCUT2D eigenvalue weighted by molar-refractivity contribution is 0.449. The SMILES string of the molecule is Cn1cnc(S(=O)(=O)N2CC(c3ccc(Cl)cc3)C(c3ccccc3)=N2)c1. The maximum absolute atomic E-state index is 13.0. The molecule has 0 saturated carbocycles. The van der Waals surface area contributed by atoms with Crippen molar-refractivity contribution in [3.8, 4) is 0 Å². The summed E-state index contributed by atoms with van der Waals surface area (Å²) in [4.78, 5) is 3.99. The van der Waals surface area contributed by atoms with Gasteiger partial charge in [-0.15, -0.1) is 0 Å². The molecule has 0 aliphatic carbocycles. The fraction of sp³-hybridized carbons (Fsp3) is 0.158. The number of sulfonamides is 1. The van der Waals surface area contributed by atoms with Gasteiger partial charge < -0.3 is 4.57 Å². The van der Waals surface area contributed by atoms with E-state index in [1.54, 1.807) is 23.7 Å². The van der Waals surface area contributed by atoms with Crippen molar-refractivity contribution >= 4 is 27.3 Å². The second kappa shape index (κ2) is 6.83. The van der Waals surface area contributed by atoms with E-state index in [-0.39, 0.29) is 17.5 Å². The first-order chi connectivity index (χ1) is 12.9. The minimum absolute atomic E-state index is 0.0158. The zero-order valence-corrected chi connectivity index (χ0v) is 16.1. The van der Waals surface area contributed by atoms with E-state index in [9.17, 15) is 8.42 Å². The largest absolute Gasteiger partial charge is 0.339 e. The summed E-state index contributed by atoms with van der Waals surface area (Å²) in [6.45, 7) is 0.213. The zero-order chi connectivity index (χ0) is 19.0. The summed E-state index contributed by atoms with van der Waals surface area (Å²) in [5.41, 5.74) is 2.55. The van der Waals surface area contributed by atoms with Gasteiger partial charge in [0.25, 0.3) is 10.0 Å². The molecule has 0 radical (unpaired) electrons. The number of halogens is 1. The number of rotatable bonds is 4. The molecule has 2 aromatic carbocycles. The molecule has 1 unspecified atom stereocenters. The fourth-order valence-electron chi connectivity index (χ4n) is 3.08. The van der Waals surface area contributed by atoms with E-state index in [1.165, 1.54) is 12.5 Å². The number of hydrazone groups is 1. The summed E-state index contributed by atoms with van der Waals surface area (Å²) in [6.07, 6.45) is 2.93. The minimum Gasteiger partial charge on any atom is -0.339 e. The predicted molar refractivity (Wildman–Crippen MR) is 104 cm³/mol.